The first-order valence-corrected chi connectivity index (χ1v) is 7.58. The Morgan fingerprint density at radius 1 is 1.36 bits per heavy atom. The van der Waals surface area contributed by atoms with Crippen LogP contribution in [0.2, 0.25) is 0 Å². The number of hydrogen-bond donors (Lipinski definition) is 0. The average Bonchev–Trinajstić information content (AvgIpc) is 3.06. The molecule has 22 heavy (non-hydrogen) atoms. The van der Waals surface area contributed by atoms with Gasteiger partial charge in [-0.25, -0.2) is 4.98 Å². The van der Waals surface area contributed by atoms with Crippen molar-refractivity contribution in [2.45, 2.75) is 38.6 Å². The highest BCUT2D eigenvalue weighted by Gasteiger charge is 2.35. The maximum absolute atomic E-state index is 11.8. The van der Waals surface area contributed by atoms with Crippen LogP contribution < -0.4 is 0 Å². The fraction of sp³-hybridized carbons (Fsp3) is 0.412. The summed E-state index contributed by atoms with van der Waals surface area (Å²) in [5.74, 6) is 0.829. The number of ether oxygens (including phenoxy) is 1. The van der Waals surface area contributed by atoms with Gasteiger partial charge in [0.2, 0.25) is 0 Å². The number of cyclic esters (lactones) is 1. The molecule has 2 atom stereocenters. The van der Waals surface area contributed by atoms with Gasteiger partial charge in [0.25, 0.3) is 0 Å². The lowest BCUT2D eigenvalue weighted by molar-refractivity contribution is -0.144. The normalized spacial score (nSPS) is 21.3. The lowest BCUT2D eigenvalue weighted by Crippen LogP contribution is -2.35. The first-order chi connectivity index (χ1) is 10.6. The zero-order valence-electron chi connectivity index (χ0n) is 13.0. The van der Waals surface area contributed by atoms with Crippen molar-refractivity contribution in [1.82, 2.24) is 14.5 Å². The number of rotatable bonds is 5. The number of nitrogens with zero attached hydrogens (tertiary/aromatic N) is 3. The zero-order valence-corrected chi connectivity index (χ0v) is 13.0. The third kappa shape index (κ3) is 3.20. The van der Waals surface area contributed by atoms with Crippen LogP contribution in [-0.2, 0) is 22.6 Å². The minimum Gasteiger partial charge on any atom is -0.461 e. The van der Waals surface area contributed by atoms with E-state index in [4.69, 9.17) is 4.74 Å². The number of carbonyl (C=O) groups excluding carboxylic acids is 1. The van der Waals surface area contributed by atoms with E-state index in [0.717, 1.165) is 18.8 Å². The Hall–Kier alpha value is -2.14. The van der Waals surface area contributed by atoms with Crippen molar-refractivity contribution in [3.05, 3.63) is 54.1 Å². The van der Waals surface area contributed by atoms with Crippen LogP contribution in [0.15, 0.2) is 42.7 Å². The van der Waals surface area contributed by atoms with Gasteiger partial charge in [0.1, 0.15) is 18.0 Å². The molecule has 5 nitrogen and oxygen atoms in total. The molecule has 1 aromatic carbocycles. The maximum Gasteiger partial charge on any atom is 0.323 e. The number of benzene rings is 1. The molecular weight excluding hydrogens is 278 g/mol. The summed E-state index contributed by atoms with van der Waals surface area (Å²) in [6.45, 7) is 3.35. The first-order valence-electron chi connectivity index (χ1n) is 7.58. The van der Waals surface area contributed by atoms with Gasteiger partial charge in [-0.05, 0) is 19.5 Å². The van der Waals surface area contributed by atoms with E-state index in [1.54, 1.807) is 0 Å². The summed E-state index contributed by atoms with van der Waals surface area (Å²) >= 11 is 0. The van der Waals surface area contributed by atoms with Crippen molar-refractivity contribution < 1.29 is 9.53 Å². The van der Waals surface area contributed by atoms with Crippen molar-refractivity contribution in [3.8, 4) is 0 Å². The minimum absolute atomic E-state index is 0.00372. The molecule has 0 unspecified atom stereocenters. The number of imidazole rings is 1. The van der Waals surface area contributed by atoms with Crippen LogP contribution in [0.25, 0.3) is 0 Å². The highest BCUT2D eigenvalue weighted by atomic mass is 16.6. The van der Waals surface area contributed by atoms with Gasteiger partial charge in [-0.15, -0.1) is 0 Å². The Bertz CT molecular complexity index is 638. The summed E-state index contributed by atoms with van der Waals surface area (Å²) in [6.07, 6.45) is 4.53. The van der Waals surface area contributed by atoms with E-state index in [-0.39, 0.29) is 18.1 Å². The second kappa shape index (κ2) is 6.32. The topological polar surface area (TPSA) is 47.4 Å². The molecular formula is C17H21N3O2. The third-order valence-electron chi connectivity index (χ3n) is 4.06. The van der Waals surface area contributed by atoms with Gasteiger partial charge in [0.15, 0.2) is 0 Å². The van der Waals surface area contributed by atoms with Crippen LogP contribution in [-0.4, -0.2) is 39.6 Å². The van der Waals surface area contributed by atoms with Gasteiger partial charge in [-0.2, -0.15) is 0 Å². The summed E-state index contributed by atoms with van der Waals surface area (Å²) in [5, 5.41) is 0. The van der Waals surface area contributed by atoms with Crippen LogP contribution in [0.1, 0.15) is 24.7 Å². The predicted molar refractivity (Wildman–Crippen MR) is 83.2 cm³/mol. The quantitative estimate of drug-likeness (QED) is 0.793. The van der Waals surface area contributed by atoms with E-state index in [9.17, 15) is 4.79 Å². The second-order valence-corrected chi connectivity index (χ2v) is 5.87. The molecule has 1 saturated heterocycles. The molecule has 1 fully saturated rings. The third-order valence-corrected chi connectivity index (χ3v) is 4.06. The SMILES string of the molecule is C[C@H]1C[C@@H](N(C)Cc2nccn2Cc2ccccc2)C(=O)O1. The number of carbonyl (C=O) groups is 1. The van der Waals surface area contributed by atoms with E-state index in [2.05, 4.69) is 21.7 Å². The Morgan fingerprint density at radius 2 is 2.14 bits per heavy atom. The largest absolute Gasteiger partial charge is 0.461 e. The summed E-state index contributed by atoms with van der Waals surface area (Å²) < 4.78 is 7.35. The van der Waals surface area contributed by atoms with Gasteiger partial charge in [0, 0.05) is 25.4 Å². The van der Waals surface area contributed by atoms with E-state index >= 15 is 0 Å². The van der Waals surface area contributed by atoms with Gasteiger partial charge in [0.05, 0.1) is 6.54 Å². The van der Waals surface area contributed by atoms with E-state index in [1.165, 1.54) is 5.56 Å². The Kier molecular flexibility index (Phi) is 4.24. The molecule has 116 valence electrons. The van der Waals surface area contributed by atoms with E-state index in [0.29, 0.717) is 6.54 Å². The fourth-order valence-corrected chi connectivity index (χ4v) is 2.84. The molecule has 1 aliphatic rings. The second-order valence-electron chi connectivity index (χ2n) is 5.87. The highest BCUT2D eigenvalue weighted by Crippen LogP contribution is 2.20. The molecule has 0 bridgehead atoms. The molecule has 3 rings (SSSR count). The zero-order chi connectivity index (χ0) is 15.5. The van der Waals surface area contributed by atoms with Crippen LogP contribution in [0.3, 0.4) is 0 Å². The molecule has 0 radical (unpaired) electrons. The smallest absolute Gasteiger partial charge is 0.323 e. The predicted octanol–water partition coefficient (Wildman–Crippen LogP) is 2.07. The van der Waals surface area contributed by atoms with Gasteiger partial charge >= 0.3 is 5.97 Å². The monoisotopic (exact) mass is 299 g/mol. The fourth-order valence-electron chi connectivity index (χ4n) is 2.84. The summed E-state index contributed by atoms with van der Waals surface area (Å²) in [4.78, 5) is 18.3. The first kappa shape index (κ1) is 14.8. The molecule has 1 aliphatic heterocycles. The van der Waals surface area contributed by atoms with Gasteiger partial charge in [-0.1, -0.05) is 30.3 Å². The molecule has 2 heterocycles. The Balaban J connectivity index is 1.68. The average molecular weight is 299 g/mol. The molecule has 1 aromatic heterocycles. The number of likely N-dealkylation sites (N-methyl/N-ethyl adjacent to an activating group) is 1. The Labute approximate surface area is 130 Å². The van der Waals surface area contributed by atoms with Crippen molar-refractivity contribution in [2.75, 3.05) is 7.05 Å². The van der Waals surface area contributed by atoms with Crippen LogP contribution >= 0.6 is 0 Å². The molecule has 0 saturated carbocycles. The van der Waals surface area contributed by atoms with E-state index in [1.807, 2.05) is 49.5 Å². The lowest BCUT2D eigenvalue weighted by Gasteiger charge is -2.21. The molecule has 2 aromatic rings. The van der Waals surface area contributed by atoms with Crippen molar-refractivity contribution >= 4 is 5.97 Å². The van der Waals surface area contributed by atoms with Crippen LogP contribution in [0.4, 0.5) is 0 Å². The van der Waals surface area contributed by atoms with Gasteiger partial charge in [-0.3, -0.25) is 9.69 Å². The van der Waals surface area contributed by atoms with Gasteiger partial charge < -0.3 is 9.30 Å². The molecule has 0 aliphatic carbocycles. The van der Waals surface area contributed by atoms with Crippen LogP contribution in [0, 0.1) is 0 Å². The lowest BCUT2D eigenvalue weighted by atomic mass is 10.1. The standard InChI is InChI=1S/C17H21N3O2/c1-13-10-15(17(21)22-13)19(2)12-16-18-8-9-20(16)11-14-6-4-3-5-7-14/h3-9,13,15H,10-12H2,1-2H3/t13-,15+/m0/s1. The number of aromatic nitrogens is 2. The molecule has 0 spiro atoms. The molecule has 0 N–H and O–H groups in total. The number of hydrogen-bond acceptors (Lipinski definition) is 4. The van der Waals surface area contributed by atoms with Crippen molar-refractivity contribution in [2.24, 2.45) is 0 Å². The van der Waals surface area contributed by atoms with E-state index < -0.39 is 0 Å². The highest BCUT2D eigenvalue weighted by molar-refractivity contribution is 5.77. The Morgan fingerprint density at radius 3 is 2.82 bits per heavy atom. The number of esters is 1. The van der Waals surface area contributed by atoms with Crippen molar-refractivity contribution in [1.29, 1.82) is 0 Å². The maximum atomic E-state index is 11.8. The molecule has 5 heteroatoms. The summed E-state index contributed by atoms with van der Waals surface area (Å²) in [7, 11) is 1.95. The van der Waals surface area contributed by atoms with Crippen molar-refractivity contribution in [3.63, 3.8) is 0 Å². The summed E-state index contributed by atoms with van der Waals surface area (Å²) in [5.41, 5.74) is 1.23. The minimum atomic E-state index is -0.170. The van der Waals surface area contributed by atoms with Crippen LogP contribution in [0.5, 0.6) is 0 Å². The summed E-state index contributed by atoms with van der Waals surface area (Å²) in [6, 6.07) is 10.1. The molecule has 0 amide bonds.